The van der Waals surface area contributed by atoms with Gasteiger partial charge in [-0.05, 0) is 43.7 Å². The number of halogens is 4. The Bertz CT molecular complexity index is 1380. The highest BCUT2D eigenvalue weighted by molar-refractivity contribution is 7.88. The van der Waals surface area contributed by atoms with Gasteiger partial charge in [-0.1, -0.05) is 17.7 Å². The molecule has 36 heavy (non-hydrogen) atoms. The Morgan fingerprint density at radius 1 is 1.14 bits per heavy atom. The Hall–Kier alpha value is -2.96. The summed E-state index contributed by atoms with van der Waals surface area (Å²) in [6, 6.07) is 2.52. The predicted octanol–water partition coefficient (Wildman–Crippen LogP) is 3.69. The van der Waals surface area contributed by atoms with Gasteiger partial charge in [-0.2, -0.15) is 0 Å². The molecule has 4 rings (SSSR count). The lowest BCUT2D eigenvalue weighted by molar-refractivity contribution is -0.133. The molecule has 0 radical (unpaired) electrons. The molecule has 13 heteroatoms. The van der Waals surface area contributed by atoms with Gasteiger partial charge in [0.25, 0.3) is 0 Å². The maximum atomic E-state index is 14.6. The van der Waals surface area contributed by atoms with Crippen molar-refractivity contribution in [1.29, 1.82) is 0 Å². The molecule has 0 bridgehead atoms. The topological polar surface area (TPSA) is 121 Å². The molecule has 2 heterocycles. The van der Waals surface area contributed by atoms with Crippen molar-refractivity contribution in [3.05, 3.63) is 75.5 Å². The molecular formula is C23H22ClF3N4O4S. The number of aromatic nitrogens is 1. The van der Waals surface area contributed by atoms with Crippen LogP contribution in [0.2, 0.25) is 5.02 Å². The van der Waals surface area contributed by atoms with E-state index >= 15 is 0 Å². The fourth-order valence-electron chi connectivity index (χ4n) is 4.58. The summed E-state index contributed by atoms with van der Waals surface area (Å²) in [5, 5.41) is 13.0. The van der Waals surface area contributed by atoms with Crippen LogP contribution in [0.15, 0.2) is 46.7 Å². The first-order valence-electron chi connectivity index (χ1n) is 11.0. The summed E-state index contributed by atoms with van der Waals surface area (Å²) < 4.78 is 67.6. The molecule has 0 amide bonds. The SMILES string of the molecule is CS(=O)(=O)NC1CCC(C2=C(C(=O)O)C(c3ccc(F)cc3Cl)N=C(c3ncc(F)cc3F)N2)CC1. The highest BCUT2D eigenvalue weighted by Crippen LogP contribution is 2.40. The van der Waals surface area contributed by atoms with Crippen LogP contribution in [0.5, 0.6) is 0 Å². The fourth-order valence-corrected chi connectivity index (χ4v) is 5.69. The number of pyridine rings is 1. The van der Waals surface area contributed by atoms with Crippen molar-refractivity contribution in [1.82, 2.24) is 15.0 Å². The van der Waals surface area contributed by atoms with Crippen molar-refractivity contribution < 1.29 is 31.5 Å². The van der Waals surface area contributed by atoms with E-state index in [1.54, 1.807) is 0 Å². The fraction of sp³-hybridized carbons (Fsp3) is 0.348. The van der Waals surface area contributed by atoms with Gasteiger partial charge in [0.1, 0.15) is 23.4 Å². The molecule has 192 valence electrons. The number of rotatable bonds is 6. The Balaban J connectivity index is 1.79. The molecule has 1 aromatic carbocycles. The maximum absolute atomic E-state index is 14.6. The highest BCUT2D eigenvalue weighted by Gasteiger charge is 2.37. The van der Waals surface area contributed by atoms with Crippen LogP contribution in [-0.4, -0.2) is 42.6 Å². The molecule has 1 atom stereocenters. The van der Waals surface area contributed by atoms with Crippen LogP contribution in [0.25, 0.3) is 0 Å². The van der Waals surface area contributed by atoms with Crippen LogP contribution in [0.4, 0.5) is 13.2 Å². The number of aliphatic imine (C=N–C) groups is 1. The monoisotopic (exact) mass is 542 g/mol. The van der Waals surface area contributed by atoms with E-state index in [-0.39, 0.29) is 45.3 Å². The second-order valence-corrected chi connectivity index (χ2v) is 10.9. The minimum atomic E-state index is -3.41. The standard InChI is InChI=1S/C23H22ClF3N4O4S/c1-36(34,35)31-14-5-2-11(3-6-14)19-18(23(32)33)20(15-7-4-12(25)8-16(15)24)30-22(29-19)21-17(27)9-13(26)10-28-21/h4,7-11,14,20,31H,2-3,5-6H2,1H3,(H,29,30)(H,32,33). The van der Waals surface area contributed by atoms with Crippen LogP contribution in [0.3, 0.4) is 0 Å². The minimum Gasteiger partial charge on any atom is -0.478 e. The number of allylic oxidation sites excluding steroid dienone is 1. The molecule has 1 saturated carbocycles. The molecule has 3 N–H and O–H groups in total. The van der Waals surface area contributed by atoms with E-state index < -0.39 is 39.5 Å². The smallest absolute Gasteiger partial charge is 0.335 e. The second kappa shape index (κ2) is 10.2. The van der Waals surface area contributed by atoms with Crippen molar-refractivity contribution in [3.8, 4) is 0 Å². The van der Waals surface area contributed by atoms with Crippen LogP contribution < -0.4 is 10.0 Å². The Morgan fingerprint density at radius 2 is 1.83 bits per heavy atom. The van der Waals surface area contributed by atoms with E-state index in [1.807, 2.05) is 0 Å². The molecule has 2 aliphatic rings. The lowest BCUT2D eigenvalue weighted by Gasteiger charge is -2.35. The minimum absolute atomic E-state index is 0.0725. The lowest BCUT2D eigenvalue weighted by Crippen LogP contribution is -2.41. The largest absolute Gasteiger partial charge is 0.478 e. The zero-order valence-electron chi connectivity index (χ0n) is 18.9. The number of carboxylic acids is 1. The third-order valence-electron chi connectivity index (χ3n) is 6.11. The Morgan fingerprint density at radius 3 is 2.42 bits per heavy atom. The number of hydrogen-bond acceptors (Lipinski definition) is 6. The number of carboxylic acid groups (broad SMARTS) is 1. The Labute approximate surface area is 210 Å². The van der Waals surface area contributed by atoms with E-state index in [4.69, 9.17) is 11.6 Å². The summed E-state index contributed by atoms with van der Waals surface area (Å²) in [6.07, 6.45) is 3.59. The molecular weight excluding hydrogens is 521 g/mol. The van der Waals surface area contributed by atoms with Gasteiger partial charge in [0, 0.05) is 28.4 Å². The van der Waals surface area contributed by atoms with E-state index in [1.165, 1.54) is 6.07 Å². The van der Waals surface area contributed by atoms with E-state index in [0.29, 0.717) is 31.7 Å². The van der Waals surface area contributed by atoms with Crippen molar-refractivity contribution in [2.75, 3.05) is 6.26 Å². The third-order valence-corrected chi connectivity index (χ3v) is 7.20. The predicted molar refractivity (Wildman–Crippen MR) is 126 cm³/mol. The number of sulfonamides is 1. The van der Waals surface area contributed by atoms with Crippen LogP contribution >= 0.6 is 11.6 Å². The van der Waals surface area contributed by atoms with Gasteiger partial charge in [-0.25, -0.2) is 36.1 Å². The quantitative estimate of drug-likeness (QED) is 0.512. The molecule has 1 aromatic heterocycles. The van der Waals surface area contributed by atoms with Gasteiger partial charge in [0.2, 0.25) is 10.0 Å². The average Bonchev–Trinajstić information content (AvgIpc) is 2.77. The first-order valence-corrected chi connectivity index (χ1v) is 13.3. The first-order chi connectivity index (χ1) is 16.9. The third kappa shape index (κ3) is 5.71. The summed E-state index contributed by atoms with van der Waals surface area (Å²) in [6.45, 7) is 0. The molecule has 1 fully saturated rings. The molecule has 0 saturated heterocycles. The van der Waals surface area contributed by atoms with E-state index in [0.717, 1.165) is 24.6 Å². The highest BCUT2D eigenvalue weighted by atomic mass is 35.5. The van der Waals surface area contributed by atoms with Crippen molar-refractivity contribution in [2.45, 2.75) is 37.8 Å². The van der Waals surface area contributed by atoms with Gasteiger partial charge >= 0.3 is 5.97 Å². The number of benzene rings is 1. The van der Waals surface area contributed by atoms with Gasteiger partial charge in [-0.3, -0.25) is 4.99 Å². The van der Waals surface area contributed by atoms with E-state index in [2.05, 4.69) is 20.0 Å². The number of carbonyl (C=O) groups is 1. The molecule has 8 nitrogen and oxygen atoms in total. The van der Waals surface area contributed by atoms with Crippen molar-refractivity contribution in [2.24, 2.45) is 10.9 Å². The maximum Gasteiger partial charge on any atom is 0.335 e. The molecule has 1 aliphatic heterocycles. The number of hydrogen-bond donors (Lipinski definition) is 3. The van der Waals surface area contributed by atoms with Crippen LogP contribution in [-0.2, 0) is 14.8 Å². The summed E-state index contributed by atoms with van der Waals surface area (Å²) in [5.41, 5.74) is -0.0635. The molecule has 1 unspecified atom stereocenters. The molecule has 1 aliphatic carbocycles. The van der Waals surface area contributed by atoms with Crippen molar-refractivity contribution in [3.63, 3.8) is 0 Å². The summed E-state index contributed by atoms with van der Waals surface area (Å²) in [7, 11) is -3.41. The summed E-state index contributed by atoms with van der Waals surface area (Å²) in [4.78, 5) is 20.6. The average molecular weight is 543 g/mol. The summed E-state index contributed by atoms with van der Waals surface area (Å²) in [5.74, 6) is -4.35. The summed E-state index contributed by atoms with van der Waals surface area (Å²) >= 11 is 6.24. The van der Waals surface area contributed by atoms with Gasteiger partial charge < -0.3 is 10.4 Å². The van der Waals surface area contributed by atoms with Crippen molar-refractivity contribution >= 4 is 33.4 Å². The Kier molecular flexibility index (Phi) is 7.39. The van der Waals surface area contributed by atoms with E-state index in [9.17, 15) is 31.5 Å². The second-order valence-electron chi connectivity index (χ2n) is 8.73. The number of nitrogens with zero attached hydrogens (tertiary/aromatic N) is 2. The van der Waals surface area contributed by atoms with Crippen LogP contribution in [0, 0.1) is 23.4 Å². The van der Waals surface area contributed by atoms with Gasteiger partial charge in [0.05, 0.1) is 18.0 Å². The number of aliphatic carboxylic acids is 1. The number of nitrogens with one attached hydrogen (secondary N) is 2. The zero-order chi connectivity index (χ0) is 26.2. The normalized spacial score (nSPS) is 22.7. The molecule has 0 spiro atoms. The zero-order valence-corrected chi connectivity index (χ0v) is 20.5. The molecule has 2 aromatic rings. The van der Waals surface area contributed by atoms with Gasteiger partial charge in [-0.15, -0.1) is 0 Å². The first kappa shape index (κ1) is 26.1. The number of amidine groups is 1. The van der Waals surface area contributed by atoms with Crippen LogP contribution in [0.1, 0.15) is 43.0 Å². The lowest BCUT2D eigenvalue weighted by atomic mass is 9.80. The van der Waals surface area contributed by atoms with Gasteiger partial charge in [0.15, 0.2) is 11.7 Å².